The highest BCUT2D eigenvalue weighted by molar-refractivity contribution is 5.78. The minimum absolute atomic E-state index is 0.558. The van der Waals surface area contributed by atoms with Crippen LogP contribution in [0.1, 0.15) is 502 Å². The first-order valence-corrected chi connectivity index (χ1v) is 56.5. The van der Waals surface area contributed by atoms with Crippen LogP contribution in [0.25, 0.3) is 11.1 Å². The Balaban J connectivity index is 0.000000286. The molecule has 2 heterocycles. The van der Waals surface area contributed by atoms with E-state index in [-0.39, 0.29) is 0 Å². The molecule has 714 valence electrons. The van der Waals surface area contributed by atoms with Crippen molar-refractivity contribution in [3.05, 3.63) is 196 Å². The monoisotopic (exact) mass is 1730 g/mol. The van der Waals surface area contributed by atoms with E-state index in [0.717, 1.165) is 47.5 Å². The van der Waals surface area contributed by atoms with Gasteiger partial charge in [0.15, 0.2) is 0 Å². The normalized spacial score (nSPS) is 26.0. The minimum Gasteiger partial charge on any atom is -0.314 e. The van der Waals surface area contributed by atoms with E-state index >= 15 is 0 Å². The largest absolute Gasteiger partial charge is 0.314 e. The molecule has 0 spiro atoms. The number of pyridine rings is 1. The fraction of sp³-hybridized carbons (Fsp3) is 0.718. The van der Waals surface area contributed by atoms with Crippen LogP contribution in [0.15, 0.2) is 152 Å². The third kappa shape index (κ3) is 44.6. The molecule has 0 radical (unpaired) electrons. The Labute approximate surface area is 786 Å². The van der Waals surface area contributed by atoms with Crippen molar-refractivity contribution in [2.45, 2.75) is 502 Å². The number of nitrogens with zero attached hydrogens (tertiary/aromatic N) is 1. The summed E-state index contributed by atoms with van der Waals surface area (Å²) in [5.74, 6) is 12.8. The Kier molecular flexibility index (Phi) is 68.2. The van der Waals surface area contributed by atoms with Crippen molar-refractivity contribution in [2.24, 2.45) is 65.1 Å². The summed E-state index contributed by atoms with van der Waals surface area (Å²) in [6, 6.07) is 40.1. The van der Waals surface area contributed by atoms with Gasteiger partial charge in [-0.15, -0.1) is 0 Å². The molecule has 13 fully saturated rings. The van der Waals surface area contributed by atoms with Crippen molar-refractivity contribution in [3.8, 4) is 11.1 Å². The maximum Gasteiger partial charge on any atom is 0.0435 e. The second-order valence-electron chi connectivity index (χ2n) is 38.2. The molecule has 21 aliphatic rings. The molecule has 4 aromatic carbocycles. The van der Waals surface area contributed by atoms with Crippen LogP contribution in [0, 0.1) is 65.1 Å². The Morgan fingerprint density at radius 2 is 0.595 bits per heavy atom. The smallest absolute Gasteiger partial charge is 0.0435 e. The fourth-order valence-electron chi connectivity index (χ4n) is 23.5. The molecular weight excluding hydrogens is 1520 g/mol. The van der Waals surface area contributed by atoms with Crippen molar-refractivity contribution < 1.29 is 0 Å². The third-order valence-electron chi connectivity index (χ3n) is 30.2. The molecule has 126 heavy (non-hydrogen) atoms. The van der Waals surface area contributed by atoms with Crippen LogP contribution >= 0.6 is 0 Å². The van der Waals surface area contributed by atoms with Gasteiger partial charge in [-0.2, -0.15) is 0 Å². The maximum absolute atomic E-state index is 4.32. The van der Waals surface area contributed by atoms with E-state index in [4.69, 9.17) is 0 Å². The average Bonchev–Trinajstić information content (AvgIpc) is 1.62. The molecule has 1 saturated heterocycles. The van der Waals surface area contributed by atoms with Crippen LogP contribution in [0.3, 0.4) is 0 Å². The zero-order valence-electron chi connectivity index (χ0n) is 86.6. The SMILES string of the molecule is C1=CC2CCCC(C1)CCC2.C1=CCCC1.C1=CCCCC1.C1CC2CC(C1)C2.C1CC2CCC1C2.C1CC2CCCC(C1)CCC2.C1CCC2CCCCC2C1.C1CCC2NCCCC2C1.CC.CC.CC.CC.CC.CC.CC.CC.CC1c2ccccc2-c2ccccc21.c1ccc2c(c1)CCC2.c1ccc2c(c1)CCCC2.c1cnc2c(c1)CCCC2. The van der Waals surface area contributed by atoms with E-state index in [1.165, 1.54) is 314 Å². The minimum atomic E-state index is 0.558. The lowest BCUT2D eigenvalue weighted by Gasteiger charge is -2.40. The van der Waals surface area contributed by atoms with Gasteiger partial charge in [0, 0.05) is 23.9 Å². The maximum atomic E-state index is 4.32. The van der Waals surface area contributed by atoms with Gasteiger partial charge in [-0.25, -0.2) is 0 Å². The van der Waals surface area contributed by atoms with Crippen LogP contribution < -0.4 is 5.32 Å². The Hall–Kier alpha value is -4.79. The van der Waals surface area contributed by atoms with Crippen LogP contribution in [-0.4, -0.2) is 17.6 Å². The molecule has 2 heteroatoms. The molecule has 2 nitrogen and oxygen atoms in total. The summed E-state index contributed by atoms with van der Waals surface area (Å²) < 4.78 is 0. The molecule has 1 aromatic heterocycles. The van der Waals surface area contributed by atoms with Crippen LogP contribution in [0.5, 0.6) is 0 Å². The molecule has 5 aromatic rings. The fourth-order valence-corrected chi connectivity index (χ4v) is 23.5. The topological polar surface area (TPSA) is 24.9 Å². The quantitative estimate of drug-likeness (QED) is 0.156. The van der Waals surface area contributed by atoms with Gasteiger partial charge in [0.25, 0.3) is 0 Å². The van der Waals surface area contributed by atoms with Crippen LogP contribution in [-0.2, 0) is 38.5 Å². The highest BCUT2D eigenvalue weighted by Gasteiger charge is 2.34. The van der Waals surface area contributed by atoms with Crippen LogP contribution in [0.2, 0.25) is 0 Å². The first-order chi connectivity index (χ1) is 62.5. The first-order valence-electron chi connectivity index (χ1n) is 56.5. The summed E-state index contributed by atoms with van der Waals surface area (Å²) >= 11 is 0. The number of nitrogens with one attached hydrogen (secondary N) is 1. The third-order valence-corrected chi connectivity index (χ3v) is 30.2. The molecule has 2 atom stereocenters. The zero-order valence-corrected chi connectivity index (χ0v) is 86.6. The number of aryl methyl sites for hydroxylation is 6. The number of hydrogen-bond donors (Lipinski definition) is 1. The molecule has 1 aliphatic heterocycles. The van der Waals surface area contributed by atoms with Gasteiger partial charge in [0.05, 0.1) is 0 Å². The van der Waals surface area contributed by atoms with Gasteiger partial charge in [-0.05, 0) is 308 Å². The van der Waals surface area contributed by atoms with Crippen molar-refractivity contribution in [3.63, 3.8) is 0 Å². The number of fused-ring (bicyclic) bond motifs is 23. The average molecular weight is 1730 g/mol. The van der Waals surface area contributed by atoms with Gasteiger partial charge >= 0.3 is 0 Å². The molecule has 1 N–H and O–H groups in total. The Morgan fingerprint density at radius 1 is 0.254 bits per heavy atom. The number of rotatable bonds is 0. The van der Waals surface area contributed by atoms with Crippen molar-refractivity contribution in [2.75, 3.05) is 6.54 Å². The second-order valence-corrected chi connectivity index (χ2v) is 38.2. The van der Waals surface area contributed by atoms with E-state index < -0.39 is 0 Å². The van der Waals surface area contributed by atoms with Gasteiger partial charge in [-0.1, -0.05) is 450 Å². The van der Waals surface area contributed by atoms with E-state index in [2.05, 4.69) is 157 Å². The predicted octanol–water partition coefficient (Wildman–Crippen LogP) is 39.6. The molecule has 26 rings (SSSR count). The standard InChI is InChI=1S/C14H12.C11H20.C11H18.C10H18.C10H12.C9H17N.C9H11N.C9H10.2C7H12.C6H10.C5H8.8C2H6/c1-10-11-6-2-4-8-13(11)14-9-5-3-7-12(10)14;2*1-4-10-6-2-7-11(5-1)9-3-8-10;2*1-2-6-10-8-4-3-7-9(10)5-1;2*1-2-6-9-8(4-1)5-3-7-10-9;1-2-5-9-7-3-6-8(9)4-1;1-2-7-4-3-6(1)5-7;1-2-6-4-7(3-1)5-6;1-2-4-6-5-3-1;1-2-4-5-3-1;8*1-2/h2-10H,1H3;10-11H,1-9H2;1,4,10-11H,2-3,5-9H2;9-10H,1-8H2;1-2,5-6H,3-4,7-8H2;8-10H,1-7H2;3,5,7H,1-2,4,6H2;1-2,4-5H,3,6-7H2;2*6-7H,1-5H2;1-2H,3-6H2;1-2H,3-5H2;8*1-2H3. The molecule has 20 aliphatic carbocycles. The predicted molar refractivity (Wildman–Crippen MR) is 567 cm³/mol. The van der Waals surface area contributed by atoms with E-state index in [1.807, 2.05) is 123 Å². The number of aromatic nitrogens is 1. The summed E-state index contributed by atoms with van der Waals surface area (Å²) in [4.78, 5) is 4.32. The van der Waals surface area contributed by atoms with Crippen molar-refractivity contribution in [1.29, 1.82) is 0 Å². The first kappa shape index (κ1) is 114. The lowest BCUT2D eigenvalue weighted by atomic mass is 9.65. The Morgan fingerprint density at radius 3 is 0.976 bits per heavy atom. The van der Waals surface area contributed by atoms with Crippen molar-refractivity contribution in [1.82, 2.24) is 10.3 Å². The van der Waals surface area contributed by atoms with Gasteiger partial charge in [0.2, 0.25) is 0 Å². The second kappa shape index (κ2) is 75.7. The molecular formula is C124H208N2. The lowest BCUT2D eigenvalue weighted by molar-refractivity contribution is 0.116. The number of piperidine rings is 1. The zero-order chi connectivity index (χ0) is 91.1. The van der Waals surface area contributed by atoms with E-state index in [0.29, 0.717) is 5.92 Å². The van der Waals surface area contributed by atoms with Gasteiger partial charge in [-0.3, -0.25) is 4.98 Å². The van der Waals surface area contributed by atoms with Gasteiger partial charge < -0.3 is 5.32 Å². The van der Waals surface area contributed by atoms with Crippen LogP contribution in [0.4, 0.5) is 0 Å². The number of benzene rings is 4. The molecule has 2 unspecified atom stereocenters. The summed E-state index contributed by atoms with van der Waals surface area (Å²) in [5.41, 5.74) is 14.8. The number of hydrogen-bond acceptors (Lipinski definition) is 2. The summed E-state index contributed by atoms with van der Waals surface area (Å²) in [5, 5.41) is 3.62. The van der Waals surface area contributed by atoms with E-state index in [9.17, 15) is 0 Å². The van der Waals surface area contributed by atoms with Gasteiger partial charge in [0.1, 0.15) is 0 Å². The van der Waals surface area contributed by atoms with E-state index in [1.54, 1.807) is 144 Å². The lowest BCUT2D eigenvalue weighted by Crippen LogP contribution is -2.42. The highest BCUT2D eigenvalue weighted by atomic mass is 14.9. The van der Waals surface area contributed by atoms with Crippen molar-refractivity contribution >= 4 is 0 Å². The number of allylic oxidation sites excluding steroid dienone is 6. The molecule has 12 saturated carbocycles. The summed E-state index contributed by atoms with van der Waals surface area (Å²) in [7, 11) is 0. The Bertz CT molecular complexity index is 3050. The highest BCUT2D eigenvalue weighted by Crippen LogP contribution is 2.47. The molecule has 0 amide bonds. The summed E-state index contributed by atoms with van der Waals surface area (Å²) in [6.45, 7) is 35.6. The molecule has 8 bridgehead atoms. The summed E-state index contributed by atoms with van der Waals surface area (Å²) in [6.07, 6.45) is 101.